The van der Waals surface area contributed by atoms with Crippen molar-refractivity contribution in [2.75, 3.05) is 0 Å². The number of hydrogen-bond donors (Lipinski definition) is 0. The molecular formula is C21H17F3. The Morgan fingerprint density at radius 2 is 0.917 bits per heavy atom. The van der Waals surface area contributed by atoms with Gasteiger partial charge in [-0.05, 0) is 23.1 Å². The van der Waals surface area contributed by atoms with Crippen LogP contribution in [0.25, 0.3) is 0 Å². The second-order valence-corrected chi connectivity index (χ2v) is 5.80. The molecule has 3 heteroatoms. The molecule has 0 heterocycles. The van der Waals surface area contributed by atoms with Crippen molar-refractivity contribution < 1.29 is 13.2 Å². The monoisotopic (exact) mass is 326 g/mol. The Labute approximate surface area is 139 Å². The molecule has 3 aromatic rings. The molecular weight excluding hydrogens is 309 g/mol. The minimum Gasteiger partial charge on any atom is -0.170 e. The number of halogens is 3. The topological polar surface area (TPSA) is 0 Å². The van der Waals surface area contributed by atoms with Crippen LogP contribution in [0.1, 0.15) is 16.7 Å². The van der Waals surface area contributed by atoms with Crippen molar-refractivity contribution >= 4 is 0 Å². The van der Waals surface area contributed by atoms with Crippen molar-refractivity contribution in [1.29, 1.82) is 0 Å². The normalized spacial score (nSPS) is 12.1. The third kappa shape index (κ3) is 2.94. The van der Waals surface area contributed by atoms with E-state index in [-0.39, 0.29) is 17.5 Å². The van der Waals surface area contributed by atoms with Crippen LogP contribution in [-0.2, 0) is 11.8 Å². The molecule has 0 fully saturated rings. The largest absolute Gasteiger partial charge is 0.402 e. The Morgan fingerprint density at radius 3 is 1.29 bits per heavy atom. The smallest absolute Gasteiger partial charge is 0.170 e. The van der Waals surface area contributed by atoms with Gasteiger partial charge in [0.25, 0.3) is 0 Å². The van der Waals surface area contributed by atoms with E-state index in [0.717, 1.165) is 0 Å². The highest BCUT2D eigenvalue weighted by atomic mass is 19.4. The number of rotatable bonds is 4. The average Bonchev–Trinajstić information content (AvgIpc) is 2.61. The molecule has 0 atom stereocenters. The first kappa shape index (κ1) is 16.3. The number of alkyl halides is 3. The predicted octanol–water partition coefficient (Wildman–Crippen LogP) is 5.78. The van der Waals surface area contributed by atoms with Crippen LogP contribution >= 0.6 is 0 Å². The van der Waals surface area contributed by atoms with Gasteiger partial charge in [0.1, 0.15) is 5.41 Å². The Bertz CT molecular complexity index is 723. The van der Waals surface area contributed by atoms with Crippen molar-refractivity contribution in [2.24, 2.45) is 0 Å². The van der Waals surface area contributed by atoms with E-state index < -0.39 is 11.6 Å². The first-order chi connectivity index (χ1) is 11.5. The van der Waals surface area contributed by atoms with Gasteiger partial charge in [0.2, 0.25) is 0 Å². The Balaban J connectivity index is 2.25. The van der Waals surface area contributed by atoms with E-state index in [1.165, 1.54) is 0 Å². The van der Waals surface area contributed by atoms with Crippen molar-refractivity contribution in [1.82, 2.24) is 0 Å². The summed E-state index contributed by atoms with van der Waals surface area (Å²) in [6.45, 7) is 0. The molecule has 0 amide bonds. The van der Waals surface area contributed by atoms with Gasteiger partial charge in [0, 0.05) is 0 Å². The maximum Gasteiger partial charge on any atom is 0.402 e. The molecule has 0 aliphatic heterocycles. The third-order valence-electron chi connectivity index (χ3n) is 4.33. The number of hydrogen-bond acceptors (Lipinski definition) is 0. The van der Waals surface area contributed by atoms with Crippen molar-refractivity contribution in [3.05, 3.63) is 108 Å². The molecule has 0 aliphatic rings. The maximum absolute atomic E-state index is 14.4. The highest BCUT2D eigenvalue weighted by Gasteiger charge is 2.56. The Hall–Kier alpha value is -2.55. The van der Waals surface area contributed by atoms with E-state index >= 15 is 0 Å². The molecule has 0 saturated carbocycles. The fourth-order valence-electron chi connectivity index (χ4n) is 3.15. The van der Waals surface area contributed by atoms with Gasteiger partial charge in [-0.2, -0.15) is 13.2 Å². The molecule has 3 aromatic carbocycles. The highest BCUT2D eigenvalue weighted by Crippen LogP contribution is 2.48. The summed E-state index contributed by atoms with van der Waals surface area (Å²) < 4.78 is 43.3. The van der Waals surface area contributed by atoms with Crippen LogP contribution in [0.2, 0.25) is 0 Å². The zero-order valence-corrected chi connectivity index (χ0v) is 13.0. The van der Waals surface area contributed by atoms with Gasteiger partial charge in [-0.3, -0.25) is 0 Å². The SMILES string of the molecule is FC(F)(F)C(Cc1ccccc1)(c1ccccc1)c1ccccc1. The summed E-state index contributed by atoms with van der Waals surface area (Å²) in [7, 11) is 0. The fourth-order valence-corrected chi connectivity index (χ4v) is 3.15. The molecule has 0 unspecified atom stereocenters. The van der Waals surface area contributed by atoms with Gasteiger partial charge in [-0.25, -0.2) is 0 Å². The van der Waals surface area contributed by atoms with E-state index in [9.17, 15) is 13.2 Å². The molecule has 24 heavy (non-hydrogen) atoms. The lowest BCUT2D eigenvalue weighted by Crippen LogP contribution is -2.45. The van der Waals surface area contributed by atoms with Crippen LogP contribution in [0.4, 0.5) is 13.2 Å². The van der Waals surface area contributed by atoms with E-state index in [2.05, 4.69) is 0 Å². The predicted molar refractivity (Wildman–Crippen MR) is 89.9 cm³/mol. The molecule has 122 valence electrons. The summed E-state index contributed by atoms with van der Waals surface area (Å²) in [5.74, 6) is 0. The molecule has 0 spiro atoms. The van der Waals surface area contributed by atoms with Crippen molar-refractivity contribution in [3.8, 4) is 0 Å². The van der Waals surface area contributed by atoms with E-state index in [1.54, 1.807) is 84.9 Å². The average molecular weight is 326 g/mol. The molecule has 0 nitrogen and oxygen atoms in total. The van der Waals surface area contributed by atoms with Gasteiger partial charge in [0.05, 0.1) is 0 Å². The summed E-state index contributed by atoms with van der Waals surface area (Å²) >= 11 is 0. The zero-order valence-electron chi connectivity index (χ0n) is 13.0. The highest BCUT2D eigenvalue weighted by molar-refractivity contribution is 5.43. The van der Waals surface area contributed by atoms with E-state index in [1.807, 2.05) is 6.07 Å². The molecule has 0 radical (unpaired) electrons. The van der Waals surface area contributed by atoms with Gasteiger partial charge >= 0.3 is 6.18 Å². The Morgan fingerprint density at radius 1 is 0.542 bits per heavy atom. The maximum atomic E-state index is 14.4. The molecule has 0 saturated heterocycles. The summed E-state index contributed by atoms with van der Waals surface area (Å²) in [5, 5.41) is 0. The van der Waals surface area contributed by atoms with Crippen LogP contribution in [-0.4, -0.2) is 6.18 Å². The lowest BCUT2D eigenvalue weighted by Gasteiger charge is -2.37. The number of benzene rings is 3. The third-order valence-corrected chi connectivity index (χ3v) is 4.33. The summed E-state index contributed by atoms with van der Waals surface area (Å²) in [6.07, 6.45) is -4.56. The minimum absolute atomic E-state index is 0.134. The zero-order chi connectivity index (χ0) is 17.0. The van der Waals surface area contributed by atoms with Crippen molar-refractivity contribution in [2.45, 2.75) is 18.0 Å². The second kappa shape index (κ2) is 6.52. The Kier molecular flexibility index (Phi) is 4.43. The van der Waals surface area contributed by atoms with Crippen LogP contribution in [0.3, 0.4) is 0 Å². The molecule has 0 bridgehead atoms. The van der Waals surface area contributed by atoms with E-state index in [4.69, 9.17) is 0 Å². The van der Waals surface area contributed by atoms with Crippen LogP contribution in [0, 0.1) is 0 Å². The quantitative estimate of drug-likeness (QED) is 0.570. The van der Waals surface area contributed by atoms with Crippen LogP contribution < -0.4 is 0 Å². The second-order valence-electron chi connectivity index (χ2n) is 5.80. The van der Waals surface area contributed by atoms with E-state index in [0.29, 0.717) is 5.56 Å². The lowest BCUT2D eigenvalue weighted by molar-refractivity contribution is -0.178. The molecule has 0 aromatic heterocycles. The summed E-state index contributed by atoms with van der Waals surface area (Å²) in [5.41, 5.74) is -0.903. The van der Waals surface area contributed by atoms with Crippen LogP contribution in [0.5, 0.6) is 0 Å². The van der Waals surface area contributed by atoms with Gasteiger partial charge < -0.3 is 0 Å². The van der Waals surface area contributed by atoms with Gasteiger partial charge in [-0.15, -0.1) is 0 Å². The summed E-state index contributed by atoms with van der Waals surface area (Å²) in [4.78, 5) is 0. The van der Waals surface area contributed by atoms with Gasteiger partial charge in [-0.1, -0.05) is 91.0 Å². The summed E-state index contributed by atoms with van der Waals surface area (Å²) in [6, 6.07) is 25.2. The molecule has 0 N–H and O–H groups in total. The fraction of sp³-hybridized carbons (Fsp3) is 0.143. The first-order valence-corrected chi connectivity index (χ1v) is 7.76. The standard InChI is InChI=1S/C21H17F3/c22-21(23,24)20(18-12-6-2-7-13-18,19-14-8-3-9-15-19)16-17-10-4-1-5-11-17/h1-15H,16H2. The van der Waals surface area contributed by atoms with Gasteiger partial charge in [0.15, 0.2) is 0 Å². The van der Waals surface area contributed by atoms with Crippen molar-refractivity contribution in [3.63, 3.8) is 0 Å². The molecule has 3 rings (SSSR count). The van der Waals surface area contributed by atoms with Crippen LogP contribution in [0.15, 0.2) is 91.0 Å². The molecule has 0 aliphatic carbocycles. The minimum atomic E-state index is -4.43. The first-order valence-electron chi connectivity index (χ1n) is 7.76. The lowest BCUT2D eigenvalue weighted by atomic mass is 9.70.